The molecular formula is C24H29Cl2N3O6S. The van der Waals surface area contributed by atoms with Gasteiger partial charge < -0.3 is 19.7 Å². The molecule has 1 heterocycles. The Bertz CT molecular complexity index is 1200. The van der Waals surface area contributed by atoms with E-state index < -0.39 is 28.5 Å². The molecule has 12 heteroatoms. The van der Waals surface area contributed by atoms with Crippen LogP contribution in [0.3, 0.4) is 0 Å². The van der Waals surface area contributed by atoms with E-state index in [2.05, 4.69) is 5.32 Å². The average Bonchev–Trinajstić information content (AvgIpc) is 2.83. The molecule has 1 N–H and O–H groups in total. The topological polar surface area (TPSA) is 105 Å². The van der Waals surface area contributed by atoms with Gasteiger partial charge in [-0.15, -0.1) is 0 Å². The molecule has 2 aromatic rings. The van der Waals surface area contributed by atoms with Crippen LogP contribution in [0.25, 0.3) is 0 Å². The summed E-state index contributed by atoms with van der Waals surface area (Å²) >= 11 is 12.7. The molecule has 0 fully saturated rings. The molecule has 0 radical (unpaired) electrons. The predicted octanol–water partition coefficient (Wildman–Crippen LogP) is 3.47. The van der Waals surface area contributed by atoms with E-state index in [0.29, 0.717) is 53.3 Å². The number of nitrogens with zero attached hydrogens (tertiary/aromatic N) is 2. The van der Waals surface area contributed by atoms with Crippen LogP contribution < -0.4 is 19.1 Å². The Balaban J connectivity index is 1.99. The quantitative estimate of drug-likeness (QED) is 0.479. The third-order valence-electron chi connectivity index (χ3n) is 5.62. The summed E-state index contributed by atoms with van der Waals surface area (Å²) in [5, 5.41) is 3.40. The Morgan fingerprint density at radius 2 is 1.69 bits per heavy atom. The first kappa shape index (κ1) is 27.9. The SMILES string of the molecule is CCNC(=O)[C@H](CC)N(Cc1c(Cl)cccc1Cl)C(=O)CN(c1ccc2c(c1)OCCO2)S(C)(=O)=O. The van der Waals surface area contributed by atoms with Crippen LogP contribution in [-0.2, 0) is 26.2 Å². The van der Waals surface area contributed by atoms with Gasteiger partial charge in [0.25, 0.3) is 0 Å². The molecule has 1 aliphatic rings. The summed E-state index contributed by atoms with van der Waals surface area (Å²) in [4.78, 5) is 27.9. The Hall–Kier alpha value is -2.69. The molecule has 1 atom stereocenters. The molecule has 2 aromatic carbocycles. The van der Waals surface area contributed by atoms with Gasteiger partial charge in [-0.1, -0.05) is 36.2 Å². The fourth-order valence-electron chi connectivity index (χ4n) is 3.87. The van der Waals surface area contributed by atoms with Gasteiger partial charge in [0.2, 0.25) is 21.8 Å². The second kappa shape index (κ2) is 12.0. The number of carbonyl (C=O) groups excluding carboxylic acids is 2. The standard InChI is InChI=1S/C24H29Cl2N3O6S/c1-4-20(24(31)27-5-2)28(14-17-18(25)7-6-8-19(17)26)23(30)15-29(36(3,32)33)16-9-10-21-22(13-16)35-12-11-34-21/h6-10,13,20H,4-5,11-12,14-15H2,1-3H3,(H,27,31)/t20-/m0/s1. The number of likely N-dealkylation sites (N-methyl/N-ethyl adjacent to an activating group) is 1. The van der Waals surface area contributed by atoms with E-state index >= 15 is 0 Å². The van der Waals surface area contributed by atoms with E-state index in [4.69, 9.17) is 32.7 Å². The number of benzene rings is 2. The van der Waals surface area contributed by atoms with Gasteiger partial charge in [-0.05, 0) is 37.6 Å². The smallest absolute Gasteiger partial charge is 0.244 e. The highest BCUT2D eigenvalue weighted by atomic mass is 35.5. The lowest BCUT2D eigenvalue weighted by Gasteiger charge is -2.33. The number of nitrogens with one attached hydrogen (secondary N) is 1. The largest absolute Gasteiger partial charge is 0.486 e. The Morgan fingerprint density at radius 3 is 2.28 bits per heavy atom. The number of amides is 2. The van der Waals surface area contributed by atoms with Crippen molar-refractivity contribution in [1.29, 1.82) is 0 Å². The Morgan fingerprint density at radius 1 is 1.06 bits per heavy atom. The third-order valence-corrected chi connectivity index (χ3v) is 7.47. The van der Waals surface area contributed by atoms with Crippen molar-refractivity contribution in [2.45, 2.75) is 32.9 Å². The number of hydrogen-bond acceptors (Lipinski definition) is 6. The number of sulfonamides is 1. The predicted molar refractivity (Wildman–Crippen MR) is 139 cm³/mol. The summed E-state index contributed by atoms with van der Waals surface area (Å²) in [5.41, 5.74) is 0.694. The van der Waals surface area contributed by atoms with Crippen LogP contribution in [0.2, 0.25) is 10.0 Å². The van der Waals surface area contributed by atoms with Crippen LogP contribution >= 0.6 is 23.2 Å². The van der Waals surface area contributed by atoms with Gasteiger partial charge in [0.1, 0.15) is 25.8 Å². The zero-order valence-corrected chi connectivity index (χ0v) is 22.6. The first-order valence-electron chi connectivity index (χ1n) is 11.4. The molecule has 0 unspecified atom stereocenters. The molecule has 1 aliphatic heterocycles. The number of fused-ring (bicyclic) bond motifs is 1. The molecule has 36 heavy (non-hydrogen) atoms. The van der Waals surface area contributed by atoms with Crippen LogP contribution in [0.4, 0.5) is 5.69 Å². The van der Waals surface area contributed by atoms with E-state index in [-0.39, 0.29) is 18.1 Å². The number of ether oxygens (including phenoxy) is 2. The fraction of sp³-hybridized carbons (Fsp3) is 0.417. The zero-order chi connectivity index (χ0) is 26.5. The summed E-state index contributed by atoms with van der Waals surface area (Å²) in [6, 6.07) is 8.72. The van der Waals surface area contributed by atoms with Crippen molar-refractivity contribution in [3.8, 4) is 11.5 Å². The highest BCUT2D eigenvalue weighted by Gasteiger charge is 2.32. The average molecular weight is 558 g/mol. The molecule has 0 saturated carbocycles. The van der Waals surface area contributed by atoms with Gasteiger partial charge in [0.05, 0.1) is 11.9 Å². The summed E-state index contributed by atoms with van der Waals surface area (Å²) in [6.07, 6.45) is 1.30. The Kier molecular flexibility index (Phi) is 9.32. The van der Waals surface area contributed by atoms with Gasteiger partial charge in [-0.25, -0.2) is 8.42 Å². The van der Waals surface area contributed by atoms with Crippen LogP contribution in [0, 0.1) is 0 Å². The van der Waals surface area contributed by atoms with Crippen molar-refractivity contribution in [3.63, 3.8) is 0 Å². The first-order valence-corrected chi connectivity index (χ1v) is 14.0. The van der Waals surface area contributed by atoms with Crippen LogP contribution in [-0.4, -0.2) is 63.7 Å². The zero-order valence-electron chi connectivity index (χ0n) is 20.3. The maximum Gasteiger partial charge on any atom is 0.244 e. The van der Waals surface area contributed by atoms with Crippen molar-refractivity contribution in [1.82, 2.24) is 10.2 Å². The normalized spacial score (nSPS) is 13.6. The van der Waals surface area contributed by atoms with Gasteiger partial charge in [-0.3, -0.25) is 13.9 Å². The van der Waals surface area contributed by atoms with Crippen LogP contribution in [0.15, 0.2) is 36.4 Å². The molecule has 0 saturated heterocycles. The lowest BCUT2D eigenvalue weighted by atomic mass is 10.1. The maximum absolute atomic E-state index is 13.7. The van der Waals surface area contributed by atoms with Gasteiger partial charge in [-0.2, -0.15) is 0 Å². The van der Waals surface area contributed by atoms with Crippen molar-refractivity contribution >= 4 is 50.7 Å². The number of hydrogen-bond donors (Lipinski definition) is 1. The van der Waals surface area contributed by atoms with E-state index in [1.807, 2.05) is 0 Å². The highest BCUT2D eigenvalue weighted by molar-refractivity contribution is 7.92. The number of rotatable bonds is 10. The lowest BCUT2D eigenvalue weighted by Crippen LogP contribution is -2.52. The van der Waals surface area contributed by atoms with Crippen molar-refractivity contribution in [3.05, 3.63) is 52.0 Å². The Labute approximate surface area is 221 Å². The summed E-state index contributed by atoms with van der Waals surface area (Å²) < 4.78 is 37.6. The minimum absolute atomic E-state index is 0.0777. The molecule has 0 bridgehead atoms. The molecule has 0 aromatic heterocycles. The second-order valence-corrected chi connectivity index (χ2v) is 10.9. The van der Waals surface area contributed by atoms with Gasteiger partial charge in [0, 0.05) is 34.8 Å². The number of halogens is 2. The van der Waals surface area contributed by atoms with Crippen molar-refractivity contribution < 1.29 is 27.5 Å². The molecule has 0 spiro atoms. The number of anilines is 1. The van der Waals surface area contributed by atoms with E-state index in [9.17, 15) is 18.0 Å². The first-order chi connectivity index (χ1) is 17.1. The third kappa shape index (κ3) is 6.54. The van der Waals surface area contributed by atoms with Crippen LogP contribution in [0.5, 0.6) is 11.5 Å². The van der Waals surface area contributed by atoms with E-state index in [1.54, 1.807) is 38.1 Å². The fourth-order valence-corrected chi connectivity index (χ4v) is 5.22. The maximum atomic E-state index is 13.7. The molecule has 3 rings (SSSR count). The highest BCUT2D eigenvalue weighted by Crippen LogP contribution is 2.35. The molecule has 9 nitrogen and oxygen atoms in total. The molecular weight excluding hydrogens is 529 g/mol. The van der Waals surface area contributed by atoms with Crippen molar-refractivity contribution in [2.24, 2.45) is 0 Å². The lowest BCUT2D eigenvalue weighted by molar-refractivity contribution is -0.140. The van der Waals surface area contributed by atoms with Gasteiger partial charge in [0.15, 0.2) is 11.5 Å². The van der Waals surface area contributed by atoms with E-state index in [0.717, 1.165) is 10.6 Å². The van der Waals surface area contributed by atoms with Crippen LogP contribution in [0.1, 0.15) is 25.8 Å². The van der Waals surface area contributed by atoms with Gasteiger partial charge >= 0.3 is 0 Å². The minimum atomic E-state index is -3.89. The monoisotopic (exact) mass is 557 g/mol. The minimum Gasteiger partial charge on any atom is -0.486 e. The van der Waals surface area contributed by atoms with E-state index in [1.165, 1.54) is 17.0 Å². The molecule has 2 amide bonds. The summed E-state index contributed by atoms with van der Waals surface area (Å²) in [7, 11) is -3.89. The molecule has 0 aliphatic carbocycles. The molecule has 196 valence electrons. The number of carbonyl (C=O) groups is 2. The summed E-state index contributed by atoms with van der Waals surface area (Å²) in [6.45, 7) is 4.00. The van der Waals surface area contributed by atoms with Crippen molar-refractivity contribution in [2.75, 3.05) is 36.9 Å². The summed E-state index contributed by atoms with van der Waals surface area (Å²) in [5.74, 6) is -0.0819. The second-order valence-electron chi connectivity index (χ2n) is 8.14.